The molecule has 1 spiro atoms. The van der Waals surface area contributed by atoms with Gasteiger partial charge in [-0.05, 0) is 24.3 Å². The molecular formula is C20H25N3O5. The number of ether oxygens (including phenoxy) is 1. The summed E-state index contributed by atoms with van der Waals surface area (Å²) in [6.45, 7) is 1.46. The molecule has 1 saturated heterocycles. The van der Waals surface area contributed by atoms with Gasteiger partial charge in [-0.2, -0.15) is 0 Å². The molecule has 2 aliphatic rings. The van der Waals surface area contributed by atoms with Crippen molar-refractivity contribution >= 4 is 23.8 Å². The zero-order valence-electron chi connectivity index (χ0n) is 15.9. The first-order chi connectivity index (χ1) is 13.4. The van der Waals surface area contributed by atoms with Gasteiger partial charge in [-0.1, -0.05) is 50.1 Å². The molecule has 1 aliphatic carbocycles. The van der Waals surface area contributed by atoms with Gasteiger partial charge in [0.15, 0.2) is 6.61 Å². The van der Waals surface area contributed by atoms with Crippen molar-refractivity contribution in [3.63, 3.8) is 0 Å². The lowest BCUT2D eigenvalue weighted by Gasteiger charge is -2.19. The summed E-state index contributed by atoms with van der Waals surface area (Å²) in [5.41, 5.74) is 0.238. The van der Waals surface area contributed by atoms with Crippen LogP contribution in [0.4, 0.5) is 4.79 Å². The molecule has 8 nitrogen and oxygen atoms in total. The van der Waals surface area contributed by atoms with Gasteiger partial charge in [0.2, 0.25) is 0 Å². The third kappa shape index (κ3) is 4.32. The fourth-order valence-electron chi connectivity index (χ4n) is 3.68. The third-order valence-electron chi connectivity index (χ3n) is 5.33. The van der Waals surface area contributed by atoms with Crippen LogP contribution in [0.25, 0.3) is 0 Å². The molecular weight excluding hydrogens is 362 g/mol. The monoisotopic (exact) mass is 387 g/mol. The number of carbonyl (C=O) groups excluding carboxylic acids is 4. The SMILES string of the molecule is C[C@@H](CNC(=O)COC(=O)CN1C(=O)NC2(CCCC2)C1=O)c1ccccc1. The first-order valence-corrected chi connectivity index (χ1v) is 9.53. The van der Waals surface area contributed by atoms with Gasteiger partial charge in [-0.3, -0.25) is 19.3 Å². The molecule has 0 aromatic heterocycles. The number of nitrogens with zero attached hydrogens (tertiary/aromatic N) is 1. The van der Waals surface area contributed by atoms with Gasteiger partial charge < -0.3 is 15.4 Å². The Bertz CT molecular complexity index is 758. The highest BCUT2D eigenvalue weighted by atomic mass is 16.5. The summed E-state index contributed by atoms with van der Waals surface area (Å²) in [4.78, 5) is 49.3. The molecule has 1 aliphatic heterocycles. The fourth-order valence-corrected chi connectivity index (χ4v) is 3.68. The van der Waals surface area contributed by atoms with Crippen molar-refractivity contribution in [2.24, 2.45) is 0 Å². The van der Waals surface area contributed by atoms with E-state index in [1.54, 1.807) is 0 Å². The van der Waals surface area contributed by atoms with Crippen LogP contribution < -0.4 is 10.6 Å². The molecule has 2 fully saturated rings. The van der Waals surface area contributed by atoms with E-state index in [-0.39, 0.29) is 11.8 Å². The Morgan fingerprint density at radius 2 is 1.89 bits per heavy atom. The molecule has 28 heavy (non-hydrogen) atoms. The van der Waals surface area contributed by atoms with Crippen molar-refractivity contribution in [2.45, 2.75) is 44.1 Å². The first-order valence-electron chi connectivity index (χ1n) is 9.53. The average molecular weight is 387 g/mol. The van der Waals surface area contributed by atoms with Gasteiger partial charge in [0.1, 0.15) is 12.1 Å². The second kappa shape index (κ2) is 8.41. The first kappa shape index (κ1) is 19.9. The number of amides is 4. The van der Waals surface area contributed by atoms with Crippen LogP contribution in [-0.4, -0.2) is 54.0 Å². The third-order valence-corrected chi connectivity index (χ3v) is 5.33. The lowest BCUT2D eigenvalue weighted by atomic mass is 9.98. The van der Waals surface area contributed by atoms with E-state index in [1.807, 2.05) is 37.3 Å². The summed E-state index contributed by atoms with van der Waals surface area (Å²) < 4.78 is 4.93. The predicted octanol–water partition coefficient (Wildman–Crippen LogP) is 1.31. The second-order valence-electron chi connectivity index (χ2n) is 7.39. The number of imide groups is 1. The largest absolute Gasteiger partial charge is 0.454 e. The van der Waals surface area contributed by atoms with Crippen molar-refractivity contribution in [1.82, 2.24) is 15.5 Å². The van der Waals surface area contributed by atoms with Crippen LogP contribution in [0.15, 0.2) is 30.3 Å². The number of nitrogens with one attached hydrogen (secondary N) is 2. The van der Waals surface area contributed by atoms with Crippen molar-refractivity contribution in [3.8, 4) is 0 Å². The minimum Gasteiger partial charge on any atom is -0.454 e. The summed E-state index contributed by atoms with van der Waals surface area (Å²) in [5.74, 6) is -1.48. The maximum absolute atomic E-state index is 12.5. The van der Waals surface area contributed by atoms with E-state index in [0.717, 1.165) is 23.3 Å². The van der Waals surface area contributed by atoms with E-state index < -0.39 is 36.6 Å². The Balaban J connectivity index is 1.41. The predicted molar refractivity (Wildman–Crippen MR) is 100 cm³/mol. The molecule has 1 saturated carbocycles. The smallest absolute Gasteiger partial charge is 0.326 e. The van der Waals surface area contributed by atoms with Gasteiger partial charge >= 0.3 is 12.0 Å². The standard InChI is InChI=1S/C20H25N3O5/c1-14(15-7-3-2-4-8-15)11-21-16(24)13-28-17(25)12-23-18(26)20(22-19(23)27)9-5-6-10-20/h2-4,7-8,14H,5-6,9-13H2,1H3,(H,21,24)(H,22,27)/t14-/m0/s1. The van der Waals surface area contributed by atoms with Crippen LogP contribution in [0.2, 0.25) is 0 Å². The van der Waals surface area contributed by atoms with E-state index in [1.165, 1.54) is 0 Å². The van der Waals surface area contributed by atoms with Crippen LogP contribution in [0.5, 0.6) is 0 Å². The highest BCUT2D eigenvalue weighted by Crippen LogP contribution is 2.34. The summed E-state index contributed by atoms with van der Waals surface area (Å²) >= 11 is 0. The quantitative estimate of drug-likeness (QED) is 0.542. The van der Waals surface area contributed by atoms with Gasteiger partial charge in [0.05, 0.1) is 0 Å². The van der Waals surface area contributed by atoms with E-state index in [2.05, 4.69) is 10.6 Å². The zero-order chi connectivity index (χ0) is 20.1. The van der Waals surface area contributed by atoms with E-state index in [0.29, 0.717) is 19.4 Å². The Morgan fingerprint density at radius 3 is 2.57 bits per heavy atom. The summed E-state index contributed by atoms with van der Waals surface area (Å²) in [7, 11) is 0. The van der Waals surface area contributed by atoms with Gasteiger partial charge in [-0.15, -0.1) is 0 Å². The minimum atomic E-state index is -0.859. The van der Waals surface area contributed by atoms with Crippen LogP contribution in [0.3, 0.4) is 0 Å². The number of hydrogen-bond donors (Lipinski definition) is 2. The van der Waals surface area contributed by atoms with Crippen LogP contribution in [-0.2, 0) is 19.1 Å². The molecule has 0 unspecified atom stereocenters. The van der Waals surface area contributed by atoms with E-state index >= 15 is 0 Å². The highest BCUT2D eigenvalue weighted by Gasteiger charge is 2.52. The van der Waals surface area contributed by atoms with Crippen LogP contribution in [0, 0.1) is 0 Å². The van der Waals surface area contributed by atoms with Gasteiger partial charge in [-0.25, -0.2) is 4.79 Å². The lowest BCUT2D eigenvalue weighted by Crippen LogP contribution is -2.44. The molecule has 1 heterocycles. The van der Waals surface area contributed by atoms with Crippen LogP contribution >= 0.6 is 0 Å². The van der Waals surface area contributed by atoms with Crippen LogP contribution in [0.1, 0.15) is 44.1 Å². The van der Waals surface area contributed by atoms with Crippen molar-refractivity contribution < 1.29 is 23.9 Å². The number of esters is 1. The number of urea groups is 1. The van der Waals surface area contributed by atoms with E-state index in [4.69, 9.17) is 4.74 Å². The summed E-state index contributed by atoms with van der Waals surface area (Å²) in [6, 6.07) is 9.17. The molecule has 8 heteroatoms. The Hall–Kier alpha value is -2.90. The van der Waals surface area contributed by atoms with Crippen molar-refractivity contribution in [1.29, 1.82) is 0 Å². The molecule has 0 radical (unpaired) electrons. The Labute approximate surface area is 163 Å². The summed E-state index contributed by atoms with van der Waals surface area (Å²) in [5, 5.41) is 5.41. The van der Waals surface area contributed by atoms with Crippen molar-refractivity contribution in [3.05, 3.63) is 35.9 Å². The molecule has 0 bridgehead atoms. The normalized spacial score (nSPS) is 18.8. The molecule has 1 aromatic rings. The van der Waals surface area contributed by atoms with Gasteiger partial charge in [0, 0.05) is 6.54 Å². The topological polar surface area (TPSA) is 105 Å². The van der Waals surface area contributed by atoms with Gasteiger partial charge in [0.25, 0.3) is 11.8 Å². The minimum absolute atomic E-state index is 0.120. The number of carbonyl (C=O) groups is 4. The molecule has 150 valence electrons. The molecule has 3 rings (SSSR count). The summed E-state index contributed by atoms with van der Waals surface area (Å²) in [6.07, 6.45) is 2.91. The number of benzene rings is 1. The second-order valence-corrected chi connectivity index (χ2v) is 7.39. The van der Waals surface area contributed by atoms with Crippen molar-refractivity contribution in [2.75, 3.05) is 19.7 Å². The number of rotatable bonds is 7. The maximum Gasteiger partial charge on any atom is 0.326 e. The maximum atomic E-state index is 12.5. The van der Waals surface area contributed by atoms with E-state index in [9.17, 15) is 19.2 Å². The molecule has 1 atom stereocenters. The highest BCUT2D eigenvalue weighted by molar-refractivity contribution is 6.08. The molecule has 1 aromatic carbocycles. The zero-order valence-corrected chi connectivity index (χ0v) is 15.9. The number of hydrogen-bond acceptors (Lipinski definition) is 5. The molecule has 2 N–H and O–H groups in total. The molecule has 4 amide bonds. The lowest BCUT2D eigenvalue weighted by molar-refractivity contribution is -0.151. The Kier molecular flexibility index (Phi) is 5.96. The fraction of sp³-hybridized carbons (Fsp3) is 0.500. The average Bonchev–Trinajstić information content (AvgIpc) is 3.26. The Morgan fingerprint density at radius 1 is 1.21 bits per heavy atom.